The molecule has 0 amide bonds. The van der Waals surface area contributed by atoms with Gasteiger partial charge in [0.15, 0.2) is 0 Å². The average Bonchev–Trinajstić information content (AvgIpc) is 2.32. The molecule has 1 aliphatic heterocycles. The van der Waals surface area contributed by atoms with Gasteiger partial charge in [0.2, 0.25) is 0 Å². The third-order valence-electron chi connectivity index (χ3n) is 3.06. The van der Waals surface area contributed by atoms with Gasteiger partial charge in [-0.1, -0.05) is 0 Å². The van der Waals surface area contributed by atoms with Crippen molar-refractivity contribution in [2.75, 3.05) is 60.4 Å². The third-order valence-corrected chi connectivity index (χ3v) is 4.55. The zero-order valence-corrected chi connectivity index (χ0v) is 12.3. The molecule has 0 atom stereocenters. The lowest BCUT2D eigenvalue weighted by molar-refractivity contribution is 0.132. The number of hydrogen-bond acceptors (Lipinski definition) is 5. The standard InChI is InChI=1S/C10H25N5O2S/c1-11-5-4-6-14(3)18(16,17)12-15-9-7-13(2)8-10-15/h11-12H,4-10H2,1-3H3. The minimum Gasteiger partial charge on any atom is -0.320 e. The molecular formula is C10H25N5O2S. The van der Waals surface area contributed by atoms with Crippen LogP contribution in [0.1, 0.15) is 6.42 Å². The van der Waals surface area contributed by atoms with Gasteiger partial charge in [-0.05, 0) is 27.1 Å². The smallest absolute Gasteiger partial charge is 0.292 e. The van der Waals surface area contributed by atoms with Crippen LogP contribution in [0.5, 0.6) is 0 Å². The molecule has 1 heterocycles. The fraction of sp³-hybridized carbons (Fsp3) is 1.00. The van der Waals surface area contributed by atoms with Gasteiger partial charge in [0.25, 0.3) is 10.2 Å². The van der Waals surface area contributed by atoms with Gasteiger partial charge in [0.05, 0.1) is 0 Å². The molecule has 0 aliphatic carbocycles. The molecule has 0 aromatic heterocycles. The molecule has 8 heteroatoms. The number of hydrogen-bond donors (Lipinski definition) is 2. The van der Waals surface area contributed by atoms with Crippen molar-refractivity contribution in [3.8, 4) is 0 Å². The first-order chi connectivity index (χ1) is 8.45. The Bertz CT molecular complexity index is 327. The van der Waals surface area contributed by atoms with E-state index in [9.17, 15) is 8.42 Å². The van der Waals surface area contributed by atoms with E-state index in [1.807, 2.05) is 14.1 Å². The van der Waals surface area contributed by atoms with E-state index >= 15 is 0 Å². The lowest BCUT2D eigenvalue weighted by Gasteiger charge is -2.33. The number of likely N-dealkylation sites (N-methyl/N-ethyl adjacent to an activating group) is 1. The second-order valence-electron chi connectivity index (χ2n) is 4.67. The predicted molar refractivity (Wildman–Crippen MR) is 72.3 cm³/mol. The molecule has 1 aliphatic rings. The SMILES string of the molecule is CNCCCN(C)S(=O)(=O)NN1CCN(C)CC1. The van der Waals surface area contributed by atoms with Crippen molar-refractivity contribution in [2.45, 2.75) is 6.42 Å². The van der Waals surface area contributed by atoms with Gasteiger partial charge in [-0.15, -0.1) is 4.83 Å². The minimum absolute atomic E-state index is 0.518. The molecule has 1 saturated heterocycles. The molecule has 1 fully saturated rings. The van der Waals surface area contributed by atoms with Gasteiger partial charge < -0.3 is 10.2 Å². The van der Waals surface area contributed by atoms with Gasteiger partial charge in [0, 0.05) is 39.8 Å². The minimum atomic E-state index is -3.39. The Morgan fingerprint density at radius 3 is 2.39 bits per heavy atom. The number of hydrazine groups is 1. The van der Waals surface area contributed by atoms with Gasteiger partial charge in [0.1, 0.15) is 0 Å². The molecule has 18 heavy (non-hydrogen) atoms. The second-order valence-corrected chi connectivity index (χ2v) is 6.42. The first kappa shape index (κ1) is 15.8. The molecule has 0 bridgehead atoms. The summed E-state index contributed by atoms with van der Waals surface area (Å²) in [6, 6.07) is 0. The van der Waals surface area contributed by atoms with Crippen LogP contribution in [0.2, 0.25) is 0 Å². The highest BCUT2D eigenvalue weighted by atomic mass is 32.2. The van der Waals surface area contributed by atoms with Crippen molar-refractivity contribution in [1.82, 2.24) is 24.4 Å². The Morgan fingerprint density at radius 2 is 1.83 bits per heavy atom. The number of piperazine rings is 1. The summed E-state index contributed by atoms with van der Waals surface area (Å²) < 4.78 is 25.4. The van der Waals surface area contributed by atoms with E-state index in [1.54, 1.807) is 12.1 Å². The maximum atomic E-state index is 12.0. The first-order valence-corrected chi connectivity index (χ1v) is 7.71. The van der Waals surface area contributed by atoms with Crippen LogP contribution in [-0.2, 0) is 10.2 Å². The molecule has 0 saturated carbocycles. The van der Waals surface area contributed by atoms with Crippen molar-refractivity contribution in [3.63, 3.8) is 0 Å². The summed E-state index contributed by atoms with van der Waals surface area (Å²) >= 11 is 0. The fourth-order valence-corrected chi connectivity index (χ4v) is 2.75. The zero-order chi connectivity index (χ0) is 13.6. The van der Waals surface area contributed by atoms with Crippen LogP contribution in [0.25, 0.3) is 0 Å². The van der Waals surface area contributed by atoms with Crippen LogP contribution in [0.4, 0.5) is 0 Å². The predicted octanol–water partition coefficient (Wildman–Crippen LogP) is -1.48. The summed E-state index contributed by atoms with van der Waals surface area (Å²) in [5.41, 5.74) is 0. The summed E-state index contributed by atoms with van der Waals surface area (Å²) in [7, 11) is 2.11. The maximum Gasteiger partial charge on any atom is 0.292 e. The highest BCUT2D eigenvalue weighted by molar-refractivity contribution is 7.87. The van der Waals surface area contributed by atoms with E-state index in [2.05, 4.69) is 15.0 Å². The van der Waals surface area contributed by atoms with E-state index in [4.69, 9.17) is 0 Å². The lowest BCUT2D eigenvalue weighted by atomic mass is 10.4. The average molecular weight is 279 g/mol. The Kier molecular flexibility index (Phi) is 6.47. The molecule has 0 spiro atoms. The Hall–Kier alpha value is -0.250. The largest absolute Gasteiger partial charge is 0.320 e. The Morgan fingerprint density at radius 1 is 1.22 bits per heavy atom. The summed E-state index contributed by atoms with van der Waals surface area (Å²) in [6.45, 7) is 4.54. The van der Waals surface area contributed by atoms with Crippen LogP contribution in [0.15, 0.2) is 0 Å². The molecule has 0 aromatic carbocycles. The van der Waals surface area contributed by atoms with Crippen molar-refractivity contribution < 1.29 is 8.42 Å². The van der Waals surface area contributed by atoms with Crippen LogP contribution in [0, 0.1) is 0 Å². The summed E-state index contributed by atoms with van der Waals surface area (Å²) in [5.74, 6) is 0. The van der Waals surface area contributed by atoms with Crippen LogP contribution in [-0.4, -0.2) is 83.0 Å². The van der Waals surface area contributed by atoms with E-state index in [0.29, 0.717) is 6.54 Å². The van der Waals surface area contributed by atoms with Crippen molar-refractivity contribution in [1.29, 1.82) is 0 Å². The maximum absolute atomic E-state index is 12.0. The van der Waals surface area contributed by atoms with E-state index in [-0.39, 0.29) is 0 Å². The van der Waals surface area contributed by atoms with Crippen molar-refractivity contribution in [2.24, 2.45) is 0 Å². The number of nitrogens with one attached hydrogen (secondary N) is 2. The monoisotopic (exact) mass is 279 g/mol. The van der Waals surface area contributed by atoms with Gasteiger partial charge >= 0.3 is 0 Å². The highest BCUT2D eigenvalue weighted by Gasteiger charge is 2.22. The molecule has 1 rings (SSSR count). The Balaban J connectivity index is 2.38. The molecular weight excluding hydrogens is 254 g/mol. The van der Waals surface area contributed by atoms with Crippen LogP contribution < -0.4 is 10.1 Å². The van der Waals surface area contributed by atoms with E-state index in [1.165, 1.54) is 4.31 Å². The molecule has 0 unspecified atom stereocenters. The molecule has 7 nitrogen and oxygen atoms in total. The molecule has 2 N–H and O–H groups in total. The summed E-state index contributed by atoms with van der Waals surface area (Å²) in [5, 5.41) is 4.77. The normalized spacial score (nSPS) is 19.6. The summed E-state index contributed by atoms with van der Waals surface area (Å²) in [6.07, 6.45) is 0.802. The third kappa shape index (κ3) is 5.17. The first-order valence-electron chi connectivity index (χ1n) is 6.27. The topological polar surface area (TPSA) is 67.9 Å². The molecule has 0 aromatic rings. The zero-order valence-electron chi connectivity index (χ0n) is 11.5. The van der Waals surface area contributed by atoms with Crippen LogP contribution in [0.3, 0.4) is 0 Å². The fourth-order valence-electron chi connectivity index (χ4n) is 1.73. The van der Waals surface area contributed by atoms with Crippen molar-refractivity contribution in [3.05, 3.63) is 0 Å². The second kappa shape index (κ2) is 7.37. The van der Waals surface area contributed by atoms with Gasteiger partial charge in [-0.25, -0.2) is 5.01 Å². The quantitative estimate of drug-likeness (QED) is 0.557. The van der Waals surface area contributed by atoms with Crippen LogP contribution >= 0.6 is 0 Å². The van der Waals surface area contributed by atoms with E-state index in [0.717, 1.165) is 39.1 Å². The van der Waals surface area contributed by atoms with E-state index < -0.39 is 10.2 Å². The number of rotatable bonds is 7. The van der Waals surface area contributed by atoms with Gasteiger partial charge in [-0.2, -0.15) is 12.7 Å². The molecule has 108 valence electrons. The van der Waals surface area contributed by atoms with Gasteiger partial charge in [-0.3, -0.25) is 0 Å². The highest BCUT2D eigenvalue weighted by Crippen LogP contribution is 2.01. The Labute approximate surface area is 110 Å². The number of nitrogens with zero attached hydrogens (tertiary/aromatic N) is 3. The lowest BCUT2D eigenvalue weighted by Crippen LogP contribution is -2.55. The van der Waals surface area contributed by atoms with Crippen molar-refractivity contribution >= 4 is 10.2 Å². The molecule has 0 radical (unpaired) electrons. The summed E-state index contributed by atoms with van der Waals surface area (Å²) in [4.78, 5) is 4.81.